The number of ether oxygens (including phenoxy) is 3. The van der Waals surface area contributed by atoms with Crippen LogP contribution in [0.2, 0.25) is 0 Å². The van der Waals surface area contributed by atoms with Crippen molar-refractivity contribution in [3.8, 4) is 0 Å². The Hall–Kier alpha value is -2.89. The quantitative estimate of drug-likeness (QED) is 0.0262. The minimum absolute atomic E-state index is 0.0892. The lowest BCUT2D eigenvalue weighted by atomic mass is 10.1. The minimum atomic E-state index is -0.789. The molecule has 0 aliphatic heterocycles. The van der Waals surface area contributed by atoms with Crippen molar-refractivity contribution in [2.24, 2.45) is 0 Å². The van der Waals surface area contributed by atoms with Crippen LogP contribution in [0.25, 0.3) is 0 Å². The fourth-order valence-corrected chi connectivity index (χ4v) is 7.19. The second-order valence-electron chi connectivity index (χ2n) is 17.4. The van der Waals surface area contributed by atoms with Crippen molar-refractivity contribution in [3.63, 3.8) is 0 Å². The predicted molar refractivity (Wildman–Crippen MR) is 265 cm³/mol. The van der Waals surface area contributed by atoms with Gasteiger partial charge in [0.2, 0.25) is 0 Å². The topological polar surface area (TPSA) is 78.9 Å². The molecule has 0 unspecified atom stereocenters. The second-order valence-corrected chi connectivity index (χ2v) is 17.4. The number of rotatable bonds is 47. The molecule has 0 aliphatic rings. The maximum atomic E-state index is 12.8. The highest BCUT2D eigenvalue weighted by molar-refractivity contribution is 5.71. The number of unbranched alkanes of at least 4 members (excludes halogenated alkanes) is 26. The average Bonchev–Trinajstić information content (AvgIpc) is 3.27. The van der Waals surface area contributed by atoms with Gasteiger partial charge in [-0.25, -0.2) is 0 Å². The fraction of sp³-hybridized carbons (Fsp3) is 0.768. The SMILES string of the molecule is CCCC/C=C\C/C=C\CCCCCCCC(=O)OC[C@H](COC(=O)CCCCCCC/C=C\C/C=C\CCCCC)OC(=O)CCCCCCC/C=C\CCCCCCCC. The van der Waals surface area contributed by atoms with Crippen LogP contribution in [-0.2, 0) is 28.6 Å². The first-order chi connectivity index (χ1) is 30.5. The van der Waals surface area contributed by atoms with E-state index in [4.69, 9.17) is 14.2 Å². The lowest BCUT2D eigenvalue weighted by Gasteiger charge is -2.18. The lowest BCUT2D eigenvalue weighted by Crippen LogP contribution is -2.30. The zero-order valence-electron chi connectivity index (χ0n) is 40.9. The van der Waals surface area contributed by atoms with Gasteiger partial charge in [0.1, 0.15) is 13.2 Å². The molecule has 0 aromatic rings. The van der Waals surface area contributed by atoms with Gasteiger partial charge < -0.3 is 14.2 Å². The molecule has 0 N–H and O–H groups in total. The predicted octanol–water partition coefficient (Wildman–Crippen LogP) is 17.3. The van der Waals surface area contributed by atoms with Crippen LogP contribution in [0, 0.1) is 0 Å². The zero-order valence-corrected chi connectivity index (χ0v) is 40.9. The van der Waals surface area contributed by atoms with Gasteiger partial charge in [-0.05, 0) is 103 Å². The van der Waals surface area contributed by atoms with Crippen LogP contribution in [-0.4, -0.2) is 37.2 Å². The van der Waals surface area contributed by atoms with Gasteiger partial charge in [-0.3, -0.25) is 14.4 Å². The van der Waals surface area contributed by atoms with Crippen molar-refractivity contribution >= 4 is 17.9 Å². The van der Waals surface area contributed by atoms with Crippen molar-refractivity contribution in [1.82, 2.24) is 0 Å². The lowest BCUT2D eigenvalue weighted by molar-refractivity contribution is -0.167. The third-order valence-corrected chi connectivity index (χ3v) is 11.2. The molecule has 0 spiro atoms. The molecule has 0 saturated heterocycles. The summed E-state index contributed by atoms with van der Waals surface area (Å²) in [6.07, 6.45) is 61.9. The van der Waals surface area contributed by atoms with Gasteiger partial charge in [0.15, 0.2) is 6.10 Å². The smallest absolute Gasteiger partial charge is 0.306 e. The zero-order chi connectivity index (χ0) is 45.1. The molecule has 0 bridgehead atoms. The Morgan fingerprint density at radius 3 is 0.984 bits per heavy atom. The first-order valence-corrected chi connectivity index (χ1v) is 26.3. The molecule has 0 amide bonds. The molecular formula is C56H98O6. The van der Waals surface area contributed by atoms with E-state index in [0.717, 1.165) is 109 Å². The van der Waals surface area contributed by atoms with Gasteiger partial charge in [0.25, 0.3) is 0 Å². The summed E-state index contributed by atoms with van der Waals surface area (Å²) in [5.41, 5.74) is 0. The third-order valence-electron chi connectivity index (χ3n) is 11.2. The molecule has 0 rings (SSSR count). The van der Waals surface area contributed by atoms with Gasteiger partial charge in [0, 0.05) is 19.3 Å². The highest BCUT2D eigenvalue weighted by atomic mass is 16.6. The molecule has 0 aromatic carbocycles. The first-order valence-electron chi connectivity index (χ1n) is 26.3. The molecule has 6 nitrogen and oxygen atoms in total. The Balaban J connectivity index is 4.44. The summed E-state index contributed by atoms with van der Waals surface area (Å²) >= 11 is 0. The van der Waals surface area contributed by atoms with E-state index in [0.29, 0.717) is 19.3 Å². The van der Waals surface area contributed by atoms with Crippen molar-refractivity contribution in [2.75, 3.05) is 13.2 Å². The van der Waals surface area contributed by atoms with Gasteiger partial charge in [0.05, 0.1) is 0 Å². The molecule has 0 fully saturated rings. The first kappa shape index (κ1) is 59.1. The van der Waals surface area contributed by atoms with Gasteiger partial charge in [-0.1, -0.05) is 197 Å². The van der Waals surface area contributed by atoms with E-state index in [2.05, 4.69) is 81.5 Å². The normalized spacial score (nSPS) is 12.5. The van der Waals surface area contributed by atoms with Crippen molar-refractivity contribution < 1.29 is 28.6 Å². The molecule has 0 saturated carbocycles. The monoisotopic (exact) mass is 867 g/mol. The third kappa shape index (κ3) is 48.1. The maximum Gasteiger partial charge on any atom is 0.306 e. The molecule has 0 aromatic heterocycles. The fourth-order valence-electron chi connectivity index (χ4n) is 7.19. The highest BCUT2D eigenvalue weighted by Gasteiger charge is 2.19. The Labute approximate surface area is 383 Å². The van der Waals surface area contributed by atoms with Crippen molar-refractivity contribution in [1.29, 1.82) is 0 Å². The molecule has 0 aliphatic carbocycles. The minimum Gasteiger partial charge on any atom is -0.462 e. The van der Waals surface area contributed by atoms with Gasteiger partial charge >= 0.3 is 17.9 Å². The van der Waals surface area contributed by atoms with E-state index in [-0.39, 0.29) is 31.1 Å². The Bertz CT molecular complexity index is 1130. The summed E-state index contributed by atoms with van der Waals surface area (Å²) in [6.45, 7) is 6.54. The number of carbonyl (C=O) groups is 3. The molecule has 62 heavy (non-hydrogen) atoms. The van der Waals surface area contributed by atoms with Crippen LogP contribution in [0.4, 0.5) is 0 Å². The Morgan fingerprint density at radius 1 is 0.323 bits per heavy atom. The second kappa shape index (κ2) is 50.8. The van der Waals surface area contributed by atoms with Crippen LogP contribution in [0.3, 0.4) is 0 Å². The van der Waals surface area contributed by atoms with Crippen molar-refractivity contribution in [2.45, 2.75) is 264 Å². The summed E-state index contributed by atoms with van der Waals surface area (Å²) in [6, 6.07) is 0. The maximum absolute atomic E-state index is 12.8. The molecule has 0 heterocycles. The Kier molecular flexibility index (Phi) is 48.4. The molecule has 0 radical (unpaired) electrons. The van der Waals surface area contributed by atoms with E-state index < -0.39 is 6.10 Å². The van der Waals surface area contributed by atoms with E-state index in [1.54, 1.807) is 0 Å². The molecule has 358 valence electrons. The summed E-state index contributed by atoms with van der Waals surface area (Å²) in [5, 5.41) is 0. The van der Waals surface area contributed by atoms with Crippen LogP contribution in [0.5, 0.6) is 0 Å². The number of hydrogen-bond donors (Lipinski definition) is 0. The molecule has 1 atom stereocenters. The molecular weight excluding hydrogens is 769 g/mol. The number of allylic oxidation sites excluding steroid dienone is 10. The van der Waals surface area contributed by atoms with Crippen LogP contribution in [0.1, 0.15) is 258 Å². The molecule has 6 heteroatoms. The van der Waals surface area contributed by atoms with Gasteiger partial charge in [-0.2, -0.15) is 0 Å². The summed E-state index contributed by atoms with van der Waals surface area (Å²) in [4.78, 5) is 38.0. The van der Waals surface area contributed by atoms with E-state index in [1.807, 2.05) is 0 Å². The summed E-state index contributed by atoms with van der Waals surface area (Å²) in [7, 11) is 0. The van der Waals surface area contributed by atoms with Crippen molar-refractivity contribution in [3.05, 3.63) is 60.8 Å². The largest absolute Gasteiger partial charge is 0.462 e. The number of hydrogen-bond acceptors (Lipinski definition) is 6. The van der Waals surface area contributed by atoms with Crippen LogP contribution >= 0.6 is 0 Å². The van der Waals surface area contributed by atoms with Crippen LogP contribution < -0.4 is 0 Å². The van der Waals surface area contributed by atoms with E-state index in [1.165, 1.54) is 109 Å². The highest BCUT2D eigenvalue weighted by Crippen LogP contribution is 2.14. The summed E-state index contributed by atoms with van der Waals surface area (Å²) in [5.74, 6) is -0.920. The summed E-state index contributed by atoms with van der Waals surface area (Å²) < 4.78 is 16.8. The van der Waals surface area contributed by atoms with Gasteiger partial charge in [-0.15, -0.1) is 0 Å². The standard InChI is InChI=1S/C56H98O6/c1-4-7-10-13-16-19-22-25-28-31-34-37-40-43-46-49-55(58)61-52-53(51-60-54(57)48-45-42-39-36-33-30-27-24-21-18-15-12-9-6-3)62-56(59)50-47-44-41-38-35-32-29-26-23-20-17-14-11-8-5-2/h15-16,18-19,24-29,53H,4-14,17,20-23,30-52H2,1-3H3/b18-15-,19-16-,27-24-,28-25-,29-26-/t53-/m1/s1. The number of esters is 3. The Morgan fingerprint density at radius 2 is 0.597 bits per heavy atom. The number of carbonyl (C=O) groups excluding carboxylic acids is 3. The average molecular weight is 867 g/mol. The van der Waals surface area contributed by atoms with E-state index >= 15 is 0 Å². The van der Waals surface area contributed by atoms with E-state index in [9.17, 15) is 14.4 Å². The van der Waals surface area contributed by atoms with Crippen LogP contribution in [0.15, 0.2) is 60.8 Å².